The Bertz CT molecular complexity index is 462. The monoisotopic (exact) mass is 419 g/mol. The lowest BCUT2D eigenvalue weighted by Gasteiger charge is -2.27. The van der Waals surface area contributed by atoms with Gasteiger partial charge in [0.05, 0.1) is 26.9 Å². The molecule has 1 saturated heterocycles. The van der Waals surface area contributed by atoms with Crippen LogP contribution in [0.4, 0.5) is 0 Å². The van der Waals surface area contributed by atoms with Crippen molar-refractivity contribution in [3.63, 3.8) is 0 Å². The Hall–Kier alpha value is -1.02. The van der Waals surface area contributed by atoms with E-state index in [1.165, 1.54) is 19.3 Å². The Morgan fingerprint density at radius 1 is 1.23 bits per heavy atom. The number of nitrogens with two attached hydrogens (primary N) is 1. The minimum Gasteiger partial charge on any atom is -0.496 e. The summed E-state index contributed by atoms with van der Waals surface area (Å²) in [6, 6.07) is 7.87. The van der Waals surface area contributed by atoms with Gasteiger partial charge in [0.15, 0.2) is 5.96 Å². The lowest BCUT2D eigenvalue weighted by molar-refractivity contribution is 0.126. The second-order valence-electron chi connectivity index (χ2n) is 5.15. The SMILES string of the molecule is COc1ccccc1COCCN=C(N)N1CCCCC1.I. The minimum atomic E-state index is 0. The van der Waals surface area contributed by atoms with Gasteiger partial charge in [0.2, 0.25) is 0 Å². The highest BCUT2D eigenvalue weighted by Crippen LogP contribution is 2.17. The number of likely N-dealkylation sites (tertiary alicyclic amines) is 1. The summed E-state index contributed by atoms with van der Waals surface area (Å²) in [5.74, 6) is 1.50. The van der Waals surface area contributed by atoms with Crippen molar-refractivity contribution in [2.24, 2.45) is 10.7 Å². The maximum Gasteiger partial charge on any atom is 0.191 e. The van der Waals surface area contributed by atoms with Gasteiger partial charge in [-0.1, -0.05) is 18.2 Å². The average Bonchev–Trinajstić information content (AvgIpc) is 2.55. The number of methoxy groups -OCH3 is 1. The average molecular weight is 419 g/mol. The topological polar surface area (TPSA) is 60.1 Å². The number of para-hydroxylation sites is 1. The van der Waals surface area contributed by atoms with Crippen molar-refractivity contribution in [3.8, 4) is 5.75 Å². The molecule has 5 nitrogen and oxygen atoms in total. The zero-order valence-electron chi connectivity index (χ0n) is 13.2. The Morgan fingerprint density at radius 2 is 1.95 bits per heavy atom. The summed E-state index contributed by atoms with van der Waals surface area (Å²) in [5.41, 5.74) is 7.04. The third-order valence-electron chi connectivity index (χ3n) is 3.64. The first-order valence-electron chi connectivity index (χ1n) is 7.56. The number of hydrogen-bond donors (Lipinski definition) is 1. The van der Waals surface area contributed by atoms with Crippen molar-refractivity contribution in [1.82, 2.24) is 4.90 Å². The predicted octanol–water partition coefficient (Wildman–Crippen LogP) is 2.63. The lowest BCUT2D eigenvalue weighted by Crippen LogP contribution is -2.41. The summed E-state index contributed by atoms with van der Waals surface area (Å²) in [6.45, 7) is 3.74. The van der Waals surface area contributed by atoms with Gasteiger partial charge in [-0.25, -0.2) is 0 Å². The van der Waals surface area contributed by atoms with Gasteiger partial charge in [-0.05, 0) is 25.3 Å². The number of aliphatic imine (C=N–C) groups is 1. The molecule has 1 aliphatic heterocycles. The fraction of sp³-hybridized carbons (Fsp3) is 0.562. The molecular weight excluding hydrogens is 393 g/mol. The number of hydrogen-bond acceptors (Lipinski definition) is 3. The van der Waals surface area contributed by atoms with Crippen LogP contribution in [0.15, 0.2) is 29.3 Å². The first kappa shape index (κ1) is 19.0. The third kappa shape index (κ3) is 6.00. The lowest BCUT2D eigenvalue weighted by atomic mass is 10.1. The molecule has 0 amide bonds. The van der Waals surface area contributed by atoms with Gasteiger partial charge in [0.25, 0.3) is 0 Å². The van der Waals surface area contributed by atoms with Crippen LogP contribution in [-0.2, 0) is 11.3 Å². The van der Waals surface area contributed by atoms with Crippen LogP contribution in [0.5, 0.6) is 5.75 Å². The number of nitrogens with zero attached hydrogens (tertiary/aromatic N) is 2. The molecule has 0 radical (unpaired) electrons. The normalized spacial score (nSPS) is 15.3. The summed E-state index contributed by atoms with van der Waals surface area (Å²) in [4.78, 5) is 6.54. The van der Waals surface area contributed by atoms with E-state index in [4.69, 9.17) is 15.2 Å². The van der Waals surface area contributed by atoms with E-state index in [1.807, 2.05) is 24.3 Å². The Morgan fingerprint density at radius 3 is 2.68 bits per heavy atom. The molecule has 1 heterocycles. The Kier molecular flexibility index (Phi) is 9.22. The summed E-state index contributed by atoms with van der Waals surface area (Å²) in [5, 5.41) is 0. The molecular formula is C16H26IN3O2. The molecule has 0 atom stereocenters. The van der Waals surface area contributed by atoms with Gasteiger partial charge < -0.3 is 20.1 Å². The van der Waals surface area contributed by atoms with Gasteiger partial charge in [0, 0.05) is 18.7 Å². The van der Waals surface area contributed by atoms with Crippen LogP contribution in [0.3, 0.4) is 0 Å². The molecule has 1 aliphatic rings. The van der Waals surface area contributed by atoms with Gasteiger partial charge >= 0.3 is 0 Å². The maximum atomic E-state index is 5.99. The molecule has 0 spiro atoms. The van der Waals surface area contributed by atoms with Crippen molar-refractivity contribution in [1.29, 1.82) is 0 Å². The molecule has 2 N–H and O–H groups in total. The van der Waals surface area contributed by atoms with Gasteiger partial charge in [-0.15, -0.1) is 24.0 Å². The number of guanidine groups is 1. The fourth-order valence-electron chi connectivity index (χ4n) is 2.45. The number of piperidine rings is 1. The summed E-state index contributed by atoms with van der Waals surface area (Å²) in [7, 11) is 1.67. The molecule has 124 valence electrons. The minimum absolute atomic E-state index is 0. The zero-order chi connectivity index (χ0) is 14.9. The van der Waals surface area contributed by atoms with E-state index in [2.05, 4.69) is 9.89 Å². The molecule has 2 rings (SSSR count). The maximum absolute atomic E-state index is 5.99. The van der Waals surface area contributed by atoms with E-state index in [-0.39, 0.29) is 24.0 Å². The smallest absolute Gasteiger partial charge is 0.191 e. The van der Waals surface area contributed by atoms with Crippen molar-refractivity contribution < 1.29 is 9.47 Å². The van der Waals surface area contributed by atoms with E-state index in [9.17, 15) is 0 Å². The zero-order valence-corrected chi connectivity index (χ0v) is 15.5. The molecule has 0 saturated carbocycles. The van der Waals surface area contributed by atoms with E-state index >= 15 is 0 Å². The highest BCUT2D eigenvalue weighted by molar-refractivity contribution is 14.0. The third-order valence-corrected chi connectivity index (χ3v) is 3.64. The molecule has 6 heteroatoms. The molecule has 0 aromatic heterocycles. The summed E-state index contributed by atoms with van der Waals surface area (Å²) < 4.78 is 10.9. The second kappa shape index (κ2) is 10.7. The van der Waals surface area contributed by atoms with Crippen LogP contribution >= 0.6 is 24.0 Å². The second-order valence-corrected chi connectivity index (χ2v) is 5.15. The fourth-order valence-corrected chi connectivity index (χ4v) is 2.45. The molecule has 1 aromatic rings. The standard InChI is InChI=1S/C16H25N3O2.HI/c1-20-15-8-4-3-7-14(15)13-21-12-9-18-16(17)19-10-5-2-6-11-19;/h3-4,7-8H,2,5-6,9-13H2,1H3,(H2,17,18);1H. The highest BCUT2D eigenvalue weighted by atomic mass is 127. The van der Waals surface area contributed by atoms with E-state index in [1.54, 1.807) is 7.11 Å². The van der Waals surface area contributed by atoms with E-state index < -0.39 is 0 Å². The summed E-state index contributed by atoms with van der Waals surface area (Å²) >= 11 is 0. The van der Waals surface area contributed by atoms with Crippen LogP contribution in [-0.4, -0.2) is 44.2 Å². The molecule has 0 bridgehead atoms. The largest absolute Gasteiger partial charge is 0.496 e. The van der Waals surface area contributed by atoms with Crippen molar-refractivity contribution in [2.45, 2.75) is 25.9 Å². The van der Waals surface area contributed by atoms with Crippen LogP contribution < -0.4 is 10.5 Å². The van der Waals surface area contributed by atoms with Gasteiger partial charge in [-0.2, -0.15) is 0 Å². The predicted molar refractivity (Wildman–Crippen MR) is 100.0 cm³/mol. The molecule has 0 aliphatic carbocycles. The number of benzene rings is 1. The number of rotatable bonds is 6. The molecule has 1 aromatic carbocycles. The Labute approximate surface area is 149 Å². The van der Waals surface area contributed by atoms with Crippen LogP contribution in [0.25, 0.3) is 0 Å². The van der Waals surface area contributed by atoms with Crippen molar-refractivity contribution >= 4 is 29.9 Å². The molecule has 0 unspecified atom stereocenters. The van der Waals surface area contributed by atoms with Crippen LogP contribution in [0.1, 0.15) is 24.8 Å². The number of ether oxygens (including phenoxy) is 2. The first-order chi connectivity index (χ1) is 10.3. The highest BCUT2D eigenvalue weighted by Gasteiger charge is 2.11. The van der Waals surface area contributed by atoms with Gasteiger partial charge in [0.1, 0.15) is 5.75 Å². The first-order valence-corrected chi connectivity index (χ1v) is 7.56. The molecule has 22 heavy (non-hydrogen) atoms. The quantitative estimate of drug-likeness (QED) is 0.333. The van der Waals surface area contributed by atoms with E-state index in [0.29, 0.717) is 25.7 Å². The van der Waals surface area contributed by atoms with Crippen LogP contribution in [0, 0.1) is 0 Å². The van der Waals surface area contributed by atoms with E-state index in [0.717, 1.165) is 24.4 Å². The number of halogens is 1. The summed E-state index contributed by atoms with van der Waals surface area (Å²) in [6.07, 6.45) is 3.72. The Balaban J connectivity index is 0.00000242. The van der Waals surface area contributed by atoms with Crippen molar-refractivity contribution in [2.75, 3.05) is 33.4 Å². The molecule has 1 fully saturated rings. The van der Waals surface area contributed by atoms with Crippen LogP contribution in [0.2, 0.25) is 0 Å². The van der Waals surface area contributed by atoms with Gasteiger partial charge in [-0.3, -0.25) is 4.99 Å². The van der Waals surface area contributed by atoms with Crippen molar-refractivity contribution in [3.05, 3.63) is 29.8 Å².